The van der Waals surface area contributed by atoms with Crippen LogP contribution < -0.4 is 15.2 Å². The molecule has 4 nitrogen and oxygen atoms in total. The number of hydrogen-bond acceptors (Lipinski definition) is 4. The van der Waals surface area contributed by atoms with Gasteiger partial charge in [0.25, 0.3) is 0 Å². The number of hydrogen-bond donors (Lipinski definition) is 1. The molecule has 0 amide bonds. The third-order valence-corrected chi connectivity index (χ3v) is 4.56. The summed E-state index contributed by atoms with van der Waals surface area (Å²) in [6.45, 7) is 5.18. The van der Waals surface area contributed by atoms with Crippen molar-refractivity contribution in [3.63, 3.8) is 0 Å². The molecule has 2 unspecified atom stereocenters. The highest BCUT2D eigenvalue weighted by Gasteiger charge is 2.22. The second-order valence-corrected chi connectivity index (χ2v) is 5.89. The number of nitrogens with zero attached hydrogens (tertiary/aromatic N) is 1. The van der Waals surface area contributed by atoms with Gasteiger partial charge in [-0.15, -0.1) is 0 Å². The maximum Gasteiger partial charge on any atom is 0.160 e. The molecule has 1 aromatic carbocycles. The van der Waals surface area contributed by atoms with Crippen LogP contribution in [-0.4, -0.2) is 44.8 Å². The van der Waals surface area contributed by atoms with Crippen molar-refractivity contribution in [3.8, 4) is 11.5 Å². The van der Waals surface area contributed by atoms with Gasteiger partial charge < -0.3 is 20.1 Å². The van der Waals surface area contributed by atoms with E-state index in [1.165, 1.54) is 31.4 Å². The highest BCUT2D eigenvalue weighted by molar-refractivity contribution is 5.44. The first-order chi connectivity index (χ1) is 10.2. The van der Waals surface area contributed by atoms with Crippen molar-refractivity contribution in [1.82, 2.24) is 4.90 Å². The molecule has 1 aliphatic rings. The standard InChI is InChI=1S/C17H28N2O2/c1-13-6-4-5-9-19(13)12-15(11-18)14-7-8-16(20-2)17(10-14)21-3/h7-8,10,13,15H,4-6,9,11-12,18H2,1-3H3. The van der Waals surface area contributed by atoms with Crippen LogP contribution in [0.25, 0.3) is 0 Å². The second kappa shape index (κ2) is 7.66. The second-order valence-electron chi connectivity index (χ2n) is 5.89. The lowest BCUT2D eigenvalue weighted by molar-refractivity contribution is 0.151. The largest absolute Gasteiger partial charge is 0.493 e. The summed E-state index contributed by atoms with van der Waals surface area (Å²) in [6.07, 6.45) is 3.94. The third kappa shape index (κ3) is 3.89. The monoisotopic (exact) mass is 292 g/mol. The Kier molecular flexibility index (Phi) is 5.88. The van der Waals surface area contributed by atoms with E-state index in [0.717, 1.165) is 18.0 Å². The number of methoxy groups -OCH3 is 2. The van der Waals surface area contributed by atoms with Gasteiger partial charge in [-0.2, -0.15) is 0 Å². The van der Waals surface area contributed by atoms with Crippen molar-refractivity contribution in [1.29, 1.82) is 0 Å². The highest BCUT2D eigenvalue weighted by Crippen LogP contribution is 2.31. The molecule has 4 heteroatoms. The fraction of sp³-hybridized carbons (Fsp3) is 0.647. The van der Waals surface area contributed by atoms with Crippen LogP contribution in [0.4, 0.5) is 0 Å². The Labute approximate surface area is 128 Å². The molecule has 1 aliphatic heterocycles. The van der Waals surface area contributed by atoms with Crippen LogP contribution in [0, 0.1) is 0 Å². The summed E-state index contributed by atoms with van der Waals surface area (Å²) in [5.74, 6) is 1.88. The molecule has 0 spiro atoms. The molecular formula is C17H28N2O2. The minimum atomic E-state index is 0.338. The van der Waals surface area contributed by atoms with Gasteiger partial charge in [0.05, 0.1) is 14.2 Å². The van der Waals surface area contributed by atoms with Crippen molar-refractivity contribution in [2.45, 2.75) is 38.1 Å². The van der Waals surface area contributed by atoms with Gasteiger partial charge in [-0.05, 0) is 44.0 Å². The lowest BCUT2D eigenvalue weighted by Crippen LogP contribution is -2.41. The number of likely N-dealkylation sites (tertiary alicyclic amines) is 1. The van der Waals surface area contributed by atoms with E-state index in [9.17, 15) is 0 Å². The third-order valence-electron chi connectivity index (χ3n) is 4.56. The molecule has 0 bridgehead atoms. The van der Waals surface area contributed by atoms with Gasteiger partial charge in [-0.3, -0.25) is 0 Å². The summed E-state index contributed by atoms with van der Waals surface area (Å²) in [4.78, 5) is 2.57. The molecule has 0 radical (unpaired) electrons. The fourth-order valence-corrected chi connectivity index (χ4v) is 3.13. The molecule has 2 rings (SSSR count). The molecule has 1 saturated heterocycles. The number of rotatable bonds is 6. The topological polar surface area (TPSA) is 47.7 Å². The highest BCUT2D eigenvalue weighted by atomic mass is 16.5. The molecule has 118 valence electrons. The normalized spacial score (nSPS) is 21.0. The summed E-state index contributed by atoms with van der Waals surface area (Å²) in [5, 5.41) is 0. The number of benzene rings is 1. The van der Waals surface area contributed by atoms with E-state index in [0.29, 0.717) is 18.5 Å². The average Bonchev–Trinajstić information content (AvgIpc) is 2.53. The maximum absolute atomic E-state index is 6.03. The summed E-state index contributed by atoms with van der Waals surface area (Å²) >= 11 is 0. The van der Waals surface area contributed by atoms with Crippen LogP contribution in [-0.2, 0) is 0 Å². The van der Waals surface area contributed by atoms with Gasteiger partial charge in [-0.1, -0.05) is 12.5 Å². The first kappa shape index (κ1) is 16.1. The van der Waals surface area contributed by atoms with Gasteiger partial charge in [0.2, 0.25) is 0 Å². The zero-order chi connectivity index (χ0) is 15.2. The van der Waals surface area contributed by atoms with Gasteiger partial charge in [0, 0.05) is 25.0 Å². The molecule has 21 heavy (non-hydrogen) atoms. The Morgan fingerprint density at radius 3 is 2.62 bits per heavy atom. The molecular weight excluding hydrogens is 264 g/mol. The Morgan fingerprint density at radius 2 is 2.00 bits per heavy atom. The van der Waals surface area contributed by atoms with Gasteiger partial charge in [0.15, 0.2) is 11.5 Å². The quantitative estimate of drug-likeness (QED) is 0.875. The molecule has 2 N–H and O–H groups in total. The van der Waals surface area contributed by atoms with E-state index in [1.54, 1.807) is 14.2 Å². The predicted octanol–water partition coefficient (Wildman–Crippen LogP) is 2.62. The van der Waals surface area contributed by atoms with E-state index in [-0.39, 0.29) is 0 Å². The number of nitrogens with two attached hydrogens (primary N) is 1. The van der Waals surface area contributed by atoms with Crippen LogP contribution in [0.1, 0.15) is 37.7 Å². The molecule has 0 saturated carbocycles. The molecule has 2 atom stereocenters. The molecule has 1 fully saturated rings. The Hall–Kier alpha value is -1.26. The van der Waals surface area contributed by atoms with Crippen molar-refractivity contribution >= 4 is 0 Å². The van der Waals surface area contributed by atoms with E-state index >= 15 is 0 Å². The average molecular weight is 292 g/mol. The maximum atomic E-state index is 6.03. The molecule has 1 heterocycles. The fourth-order valence-electron chi connectivity index (χ4n) is 3.13. The molecule has 0 aliphatic carbocycles. The van der Waals surface area contributed by atoms with Crippen molar-refractivity contribution < 1.29 is 9.47 Å². The predicted molar refractivity (Wildman–Crippen MR) is 86.2 cm³/mol. The van der Waals surface area contributed by atoms with Crippen molar-refractivity contribution in [3.05, 3.63) is 23.8 Å². The first-order valence-corrected chi connectivity index (χ1v) is 7.85. The Balaban J connectivity index is 2.13. The number of ether oxygens (including phenoxy) is 2. The molecule has 0 aromatic heterocycles. The summed E-state index contributed by atoms with van der Waals surface area (Å²) in [6, 6.07) is 6.79. The minimum absolute atomic E-state index is 0.338. The first-order valence-electron chi connectivity index (χ1n) is 7.85. The summed E-state index contributed by atoms with van der Waals surface area (Å²) in [7, 11) is 3.33. The smallest absolute Gasteiger partial charge is 0.160 e. The van der Waals surface area contributed by atoms with Crippen molar-refractivity contribution in [2.75, 3.05) is 33.9 Å². The van der Waals surface area contributed by atoms with Gasteiger partial charge >= 0.3 is 0 Å². The van der Waals surface area contributed by atoms with E-state index in [2.05, 4.69) is 24.0 Å². The van der Waals surface area contributed by atoms with E-state index in [4.69, 9.17) is 15.2 Å². The number of piperidine rings is 1. The van der Waals surface area contributed by atoms with Crippen LogP contribution in [0.5, 0.6) is 11.5 Å². The van der Waals surface area contributed by atoms with Crippen LogP contribution in [0.2, 0.25) is 0 Å². The Morgan fingerprint density at radius 1 is 1.24 bits per heavy atom. The summed E-state index contributed by atoms with van der Waals surface area (Å²) in [5.41, 5.74) is 7.26. The lowest BCUT2D eigenvalue weighted by Gasteiger charge is -2.36. The minimum Gasteiger partial charge on any atom is -0.493 e. The lowest BCUT2D eigenvalue weighted by atomic mass is 9.95. The molecule has 1 aromatic rings. The van der Waals surface area contributed by atoms with Crippen LogP contribution in [0.15, 0.2) is 18.2 Å². The van der Waals surface area contributed by atoms with Crippen LogP contribution >= 0.6 is 0 Å². The zero-order valence-electron chi connectivity index (χ0n) is 13.5. The van der Waals surface area contributed by atoms with E-state index in [1.807, 2.05) is 6.07 Å². The Bertz CT molecular complexity index is 450. The van der Waals surface area contributed by atoms with Gasteiger partial charge in [0.1, 0.15) is 0 Å². The summed E-state index contributed by atoms with van der Waals surface area (Å²) < 4.78 is 10.7. The SMILES string of the molecule is COc1ccc(C(CN)CN2CCCCC2C)cc1OC. The van der Waals surface area contributed by atoms with Crippen molar-refractivity contribution in [2.24, 2.45) is 5.73 Å². The van der Waals surface area contributed by atoms with E-state index < -0.39 is 0 Å². The van der Waals surface area contributed by atoms with Gasteiger partial charge in [-0.25, -0.2) is 0 Å². The van der Waals surface area contributed by atoms with Crippen LogP contribution in [0.3, 0.4) is 0 Å². The zero-order valence-corrected chi connectivity index (χ0v) is 13.5.